The van der Waals surface area contributed by atoms with Gasteiger partial charge >= 0.3 is 0 Å². The molecule has 0 saturated carbocycles. The molecule has 4 heteroatoms. The normalized spacial score (nSPS) is 35.5. The number of hydrogen-bond donors (Lipinski definition) is 1. The van der Waals surface area contributed by atoms with Crippen molar-refractivity contribution >= 4 is 10.8 Å². The maximum Gasteiger partial charge on any atom is 0.124 e. The summed E-state index contributed by atoms with van der Waals surface area (Å²) >= 11 is 0. The highest BCUT2D eigenvalue weighted by Gasteiger charge is 2.46. The monoisotopic (exact) mass is 308 g/mol. The second-order valence-corrected chi connectivity index (χ2v) is 8.58. The van der Waals surface area contributed by atoms with Crippen molar-refractivity contribution in [2.45, 2.75) is 62.1 Å². The molecule has 0 spiro atoms. The average Bonchev–Trinajstić information content (AvgIpc) is 2.40. The Morgan fingerprint density at radius 2 is 1.71 bits per heavy atom. The van der Waals surface area contributed by atoms with Crippen molar-refractivity contribution in [3.05, 3.63) is 28.8 Å². The minimum atomic E-state index is -0.828. The van der Waals surface area contributed by atoms with Crippen LogP contribution >= 0.6 is 0 Å². The van der Waals surface area contributed by atoms with Gasteiger partial charge in [-0.1, -0.05) is 6.42 Å². The molecule has 3 nitrogen and oxygen atoms in total. The summed E-state index contributed by atoms with van der Waals surface area (Å²) in [5.74, 6) is 0.891. The Balaban J connectivity index is 1.98. The number of methoxy groups -OCH3 is 1. The van der Waals surface area contributed by atoms with E-state index in [4.69, 9.17) is 4.74 Å². The lowest BCUT2D eigenvalue weighted by atomic mass is 9.79. The number of hydrogen-bond acceptors (Lipinski definition) is 3. The molecular weight excluding hydrogens is 284 g/mol. The van der Waals surface area contributed by atoms with Crippen molar-refractivity contribution in [3.8, 4) is 5.75 Å². The first-order valence-corrected chi connectivity index (χ1v) is 8.99. The molecule has 2 saturated heterocycles. The number of fused-ring (bicyclic) bond motifs is 2. The summed E-state index contributed by atoms with van der Waals surface area (Å²) < 4.78 is 17.8. The second kappa shape index (κ2) is 5.40. The standard InChI is InChI=1S/C17H24O3S/c1-11-7-13(8-12(2)16(11)20-3)17(18)9-14-5-4-6-15(10-17)21(14)19/h7-8,14-15,18H,4-6,9-10H2,1-3H3. The highest BCUT2D eigenvalue weighted by Crippen LogP contribution is 2.45. The number of ether oxygens (including phenoxy) is 1. The Morgan fingerprint density at radius 1 is 1.19 bits per heavy atom. The Labute approximate surface area is 129 Å². The molecule has 116 valence electrons. The molecule has 0 aliphatic carbocycles. The summed E-state index contributed by atoms with van der Waals surface area (Å²) in [5.41, 5.74) is 2.24. The van der Waals surface area contributed by atoms with Crippen LogP contribution in [0.25, 0.3) is 0 Å². The zero-order valence-electron chi connectivity index (χ0n) is 13.0. The fourth-order valence-corrected chi connectivity index (χ4v) is 6.28. The van der Waals surface area contributed by atoms with Crippen LogP contribution in [0.1, 0.15) is 48.8 Å². The number of aryl methyl sites for hydroxylation is 2. The van der Waals surface area contributed by atoms with E-state index in [9.17, 15) is 9.32 Å². The van der Waals surface area contributed by atoms with Crippen LogP contribution in [0.2, 0.25) is 0 Å². The van der Waals surface area contributed by atoms with Crippen LogP contribution in [0.3, 0.4) is 0 Å². The molecule has 2 aliphatic heterocycles. The summed E-state index contributed by atoms with van der Waals surface area (Å²) in [7, 11) is 0.921. The van der Waals surface area contributed by atoms with E-state index in [0.29, 0.717) is 12.8 Å². The van der Waals surface area contributed by atoms with Gasteiger partial charge in [0.1, 0.15) is 5.75 Å². The van der Waals surface area contributed by atoms with E-state index < -0.39 is 16.4 Å². The lowest BCUT2D eigenvalue weighted by molar-refractivity contribution is 0.00640. The molecule has 2 atom stereocenters. The van der Waals surface area contributed by atoms with Gasteiger partial charge in [-0.2, -0.15) is 0 Å². The molecule has 0 amide bonds. The third kappa shape index (κ3) is 2.53. The quantitative estimate of drug-likeness (QED) is 0.913. The lowest BCUT2D eigenvalue weighted by Gasteiger charge is -2.44. The Bertz CT molecular complexity index is 542. The summed E-state index contributed by atoms with van der Waals surface area (Å²) in [5, 5.41) is 11.5. The first-order valence-electron chi connectivity index (χ1n) is 7.72. The molecule has 0 radical (unpaired) electrons. The van der Waals surface area contributed by atoms with E-state index >= 15 is 0 Å². The molecule has 1 aromatic rings. The summed E-state index contributed by atoms with van der Waals surface area (Å²) in [6, 6.07) is 4.07. The number of aliphatic hydroxyl groups is 1. The van der Waals surface area contributed by atoms with Crippen molar-refractivity contribution in [2.24, 2.45) is 0 Å². The van der Waals surface area contributed by atoms with Crippen molar-refractivity contribution in [1.82, 2.24) is 0 Å². The van der Waals surface area contributed by atoms with Gasteiger partial charge in [0.15, 0.2) is 0 Å². The van der Waals surface area contributed by atoms with Crippen LogP contribution in [-0.2, 0) is 16.4 Å². The van der Waals surface area contributed by atoms with Gasteiger partial charge in [-0.15, -0.1) is 0 Å². The summed E-state index contributed by atoms with van der Waals surface area (Å²) in [6.07, 6.45) is 4.37. The second-order valence-electron chi connectivity index (χ2n) is 6.59. The minimum Gasteiger partial charge on any atom is -0.496 e. The predicted octanol–water partition coefficient (Wildman–Crippen LogP) is 2.96. The Hall–Kier alpha value is -0.870. The van der Waals surface area contributed by atoms with Crippen molar-refractivity contribution < 1.29 is 14.1 Å². The molecule has 2 fully saturated rings. The zero-order chi connectivity index (χ0) is 15.2. The maximum atomic E-state index is 12.3. The fraction of sp³-hybridized carbons (Fsp3) is 0.647. The van der Waals surface area contributed by atoms with E-state index in [1.54, 1.807) is 7.11 Å². The molecular formula is C17H24O3S. The van der Waals surface area contributed by atoms with E-state index in [2.05, 4.69) is 0 Å². The van der Waals surface area contributed by atoms with Crippen molar-refractivity contribution in [1.29, 1.82) is 0 Å². The van der Waals surface area contributed by atoms with Crippen LogP contribution in [0, 0.1) is 13.8 Å². The number of rotatable bonds is 2. The minimum absolute atomic E-state index is 0.158. The molecule has 2 unspecified atom stereocenters. The van der Waals surface area contributed by atoms with E-state index in [1.807, 2.05) is 26.0 Å². The molecule has 2 aliphatic rings. The lowest BCUT2D eigenvalue weighted by Crippen LogP contribution is -2.47. The van der Waals surface area contributed by atoms with Gasteiger partial charge in [0, 0.05) is 21.3 Å². The van der Waals surface area contributed by atoms with Crippen LogP contribution < -0.4 is 4.74 Å². The first kappa shape index (κ1) is 15.0. The highest BCUT2D eigenvalue weighted by molar-refractivity contribution is 7.86. The van der Waals surface area contributed by atoms with Crippen LogP contribution in [-0.4, -0.2) is 26.9 Å². The molecule has 1 aromatic carbocycles. The summed E-state index contributed by atoms with van der Waals surface area (Å²) in [6.45, 7) is 4.03. The SMILES string of the molecule is COc1c(C)cc(C2(O)CC3CCCC(C2)S3=O)cc1C. The van der Waals surface area contributed by atoms with E-state index in [1.165, 1.54) is 0 Å². The maximum absolute atomic E-state index is 12.3. The number of benzene rings is 1. The van der Waals surface area contributed by atoms with Crippen LogP contribution in [0.4, 0.5) is 0 Å². The highest BCUT2D eigenvalue weighted by atomic mass is 32.2. The molecule has 21 heavy (non-hydrogen) atoms. The molecule has 3 rings (SSSR count). The Kier molecular flexibility index (Phi) is 3.87. The molecule has 1 N–H and O–H groups in total. The third-order valence-electron chi connectivity index (χ3n) is 5.04. The van der Waals surface area contributed by atoms with E-state index in [-0.39, 0.29) is 10.5 Å². The fourth-order valence-electron chi connectivity index (χ4n) is 4.06. The molecule has 0 aromatic heterocycles. The van der Waals surface area contributed by atoms with Crippen LogP contribution in [0.5, 0.6) is 5.75 Å². The third-order valence-corrected chi connectivity index (χ3v) is 7.16. The van der Waals surface area contributed by atoms with E-state index in [0.717, 1.165) is 41.7 Å². The van der Waals surface area contributed by atoms with Crippen LogP contribution in [0.15, 0.2) is 12.1 Å². The Morgan fingerprint density at radius 3 is 2.19 bits per heavy atom. The topological polar surface area (TPSA) is 46.5 Å². The van der Waals surface area contributed by atoms with Gasteiger partial charge in [0.25, 0.3) is 0 Å². The average molecular weight is 308 g/mol. The largest absolute Gasteiger partial charge is 0.496 e. The van der Waals surface area contributed by atoms with Gasteiger partial charge < -0.3 is 9.84 Å². The molecule has 2 heterocycles. The smallest absolute Gasteiger partial charge is 0.124 e. The van der Waals surface area contributed by atoms with Gasteiger partial charge in [-0.25, -0.2) is 0 Å². The first-order chi connectivity index (χ1) is 9.94. The van der Waals surface area contributed by atoms with Gasteiger partial charge in [-0.3, -0.25) is 4.21 Å². The van der Waals surface area contributed by atoms with Gasteiger partial charge in [0.2, 0.25) is 0 Å². The summed E-state index contributed by atoms with van der Waals surface area (Å²) in [4.78, 5) is 0. The molecule has 2 bridgehead atoms. The predicted molar refractivity (Wildman–Crippen MR) is 85.2 cm³/mol. The zero-order valence-corrected chi connectivity index (χ0v) is 13.8. The van der Waals surface area contributed by atoms with Crippen molar-refractivity contribution in [3.63, 3.8) is 0 Å². The van der Waals surface area contributed by atoms with Gasteiger partial charge in [0.05, 0.1) is 12.7 Å². The van der Waals surface area contributed by atoms with Gasteiger partial charge in [-0.05, 0) is 68.4 Å². The van der Waals surface area contributed by atoms with Crippen molar-refractivity contribution in [2.75, 3.05) is 7.11 Å².